The molecule has 0 radical (unpaired) electrons. The summed E-state index contributed by atoms with van der Waals surface area (Å²) in [6.45, 7) is 3.32. The predicted molar refractivity (Wildman–Crippen MR) is 66.0 cm³/mol. The van der Waals surface area contributed by atoms with E-state index in [1.807, 2.05) is 19.1 Å². The molecule has 4 heteroatoms. The first-order valence-electron chi connectivity index (χ1n) is 5.93. The van der Waals surface area contributed by atoms with Crippen LogP contribution < -0.4 is 19.9 Å². The van der Waals surface area contributed by atoms with Crippen LogP contribution in [-0.2, 0) is 6.42 Å². The van der Waals surface area contributed by atoms with Crippen molar-refractivity contribution in [2.24, 2.45) is 5.73 Å². The molecule has 0 fully saturated rings. The van der Waals surface area contributed by atoms with Crippen molar-refractivity contribution in [3.63, 3.8) is 0 Å². The number of nitrogens with two attached hydrogens (primary N) is 1. The van der Waals surface area contributed by atoms with E-state index >= 15 is 0 Å². The number of hydrogen-bond acceptors (Lipinski definition) is 4. The molecule has 4 nitrogen and oxygen atoms in total. The van der Waals surface area contributed by atoms with Crippen molar-refractivity contribution in [3.8, 4) is 17.2 Å². The van der Waals surface area contributed by atoms with Crippen molar-refractivity contribution in [2.75, 3.05) is 20.3 Å². The number of methoxy groups -OCH3 is 1. The van der Waals surface area contributed by atoms with Crippen LogP contribution in [0.2, 0.25) is 0 Å². The summed E-state index contributed by atoms with van der Waals surface area (Å²) >= 11 is 0. The molecular weight excluding hydrogens is 218 g/mol. The number of hydrogen-bond donors (Lipinski definition) is 1. The zero-order valence-corrected chi connectivity index (χ0v) is 10.4. The molecule has 1 aromatic rings. The smallest absolute Gasteiger partial charge is 0.203 e. The fraction of sp³-hybridized carbons (Fsp3) is 0.538. The quantitative estimate of drug-likeness (QED) is 0.870. The van der Waals surface area contributed by atoms with Crippen molar-refractivity contribution < 1.29 is 14.2 Å². The Bertz CT molecular complexity index is 390. The van der Waals surface area contributed by atoms with Gasteiger partial charge in [0.1, 0.15) is 0 Å². The van der Waals surface area contributed by atoms with Crippen LogP contribution >= 0.6 is 0 Å². The Hall–Kier alpha value is -1.42. The van der Waals surface area contributed by atoms with Gasteiger partial charge in [-0.25, -0.2) is 0 Å². The van der Waals surface area contributed by atoms with Crippen molar-refractivity contribution in [2.45, 2.75) is 25.8 Å². The standard InChI is InChI=1S/C13H19NO3/c1-9(14)8-10-4-5-11-13(12(10)15-2)17-7-3-6-16-11/h4-5,9H,3,6-8,14H2,1-2H3. The van der Waals surface area contributed by atoms with E-state index in [0.717, 1.165) is 29.9 Å². The fourth-order valence-corrected chi connectivity index (χ4v) is 1.98. The number of fused-ring (bicyclic) bond motifs is 1. The molecule has 17 heavy (non-hydrogen) atoms. The molecule has 1 unspecified atom stereocenters. The Morgan fingerprint density at radius 3 is 2.82 bits per heavy atom. The number of benzene rings is 1. The monoisotopic (exact) mass is 237 g/mol. The highest BCUT2D eigenvalue weighted by Gasteiger charge is 2.19. The Labute approximate surface area is 102 Å². The van der Waals surface area contributed by atoms with E-state index in [9.17, 15) is 0 Å². The third kappa shape index (κ3) is 2.64. The summed E-state index contributed by atoms with van der Waals surface area (Å²) in [6.07, 6.45) is 1.65. The minimum Gasteiger partial charge on any atom is -0.492 e. The van der Waals surface area contributed by atoms with E-state index < -0.39 is 0 Å². The van der Waals surface area contributed by atoms with E-state index in [1.54, 1.807) is 7.11 Å². The van der Waals surface area contributed by atoms with Crippen LogP contribution in [0.1, 0.15) is 18.9 Å². The average molecular weight is 237 g/mol. The molecule has 0 saturated heterocycles. The van der Waals surface area contributed by atoms with Gasteiger partial charge in [-0.1, -0.05) is 6.07 Å². The third-order valence-corrected chi connectivity index (χ3v) is 2.70. The van der Waals surface area contributed by atoms with E-state index in [4.69, 9.17) is 19.9 Å². The van der Waals surface area contributed by atoms with Gasteiger partial charge in [0.05, 0.1) is 20.3 Å². The molecular formula is C13H19NO3. The molecule has 1 aromatic carbocycles. The highest BCUT2D eigenvalue weighted by Crippen LogP contribution is 2.41. The van der Waals surface area contributed by atoms with Crippen LogP contribution in [0.3, 0.4) is 0 Å². The zero-order chi connectivity index (χ0) is 12.3. The minimum absolute atomic E-state index is 0.0913. The van der Waals surface area contributed by atoms with Gasteiger partial charge in [0.2, 0.25) is 5.75 Å². The van der Waals surface area contributed by atoms with E-state index in [1.165, 1.54) is 0 Å². The van der Waals surface area contributed by atoms with Gasteiger partial charge in [-0.2, -0.15) is 0 Å². The highest BCUT2D eigenvalue weighted by atomic mass is 16.5. The lowest BCUT2D eigenvalue weighted by Gasteiger charge is -2.16. The average Bonchev–Trinajstić information content (AvgIpc) is 2.53. The first kappa shape index (κ1) is 12.0. The number of rotatable bonds is 3. The van der Waals surface area contributed by atoms with Crippen LogP contribution in [0.15, 0.2) is 12.1 Å². The maximum absolute atomic E-state index is 5.83. The molecule has 0 bridgehead atoms. The SMILES string of the molecule is COc1c(CC(C)N)ccc2c1OCCCO2. The molecule has 1 aliphatic rings. The normalized spacial score (nSPS) is 16.2. The van der Waals surface area contributed by atoms with Gasteiger partial charge in [0.25, 0.3) is 0 Å². The third-order valence-electron chi connectivity index (χ3n) is 2.70. The minimum atomic E-state index is 0.0913. The molecule has 0 spiro atoms. The first-order valence-corrected chi connectivity index (χ1v) is 5.93. The molecule has 0 aromatic heterocycles. The van der Waals surface area contributed by atoms with Crippen LogP contribution in [-0.4, -0.2) is 26.4 Å². The fourth-order valence-electron chi connectivity index (χ4n) is 1.98. The molecule has 2 N–H and O–H groups in total. The van der Waals surface area contributed by atoms with E-state index in [-0.39, 0.29) is 6.04 Å². The number of ether oxygens (including phenoxy) is 3. The largest absolute Gasteiger partial charge is 0.492 e. The predicted octanol–water partition coefficient (Wildman–Crippen LogP) is 1.75. The molecule has 0 saturated carbocycles. The molecule has 2 rings (SSSR count). The van der Waals surface area contributed by atoms with Crippen LogP contribution in [0.25, 0.3) is 0 Å². The molecule has 1 heterocycles. The lowest BCUT2D eigenvalue weighted by Crippen LogP contribution is -2.18. The van der Waals surface area contributed by atoms with Gasteiger partial charge in [0, 0.05) is 12.5 Å². The molecule has 94 valence electrons. The van der Waals surface area contributed by atoms with Crippen LogP contribution in [0.5, 0.6) is 17.2 Å². The Kier molecular flexibility index (Phi) is 3.74. The topological polar surface area (TPSA) is 53.7 Å². The van der Waals surface area contributed by atoms with Gasteiger partial charge >= 0.3 is 0 Å². The maximum Gasteiger partial charge on any atom is 0.203 e. The second kappa shape index (κ2) is 5.27. The van der Waals surface area contributed by atoms with E-state index in [2.05, 4.69) is 0 Å². The molecule has 1 atom stereocenters. The summed E-state index contributed by atoms with van der Waals surface area (Å²) in [5.74, 6) is 2.22. The summed E-state index contributed by atoms with van der Waals surface area (Å²) in [4.78, 5) is 0. The lowest BCUT2D eigenvalue weighted by molar-refractivity contribution is 0.288. The van der Waals surface area contributed by atoms with E-state index in [0.29, 0.717) is 19.0 Å². The summed E-state index contributed by atoms with van der Waals surface area (Å²) < 4.78 is 16.8. The molecule has 1 aliphatic heterocycles. The first-order chi connectivity index (χ1) is 8.22. The Balaban J connectivity index is 2.39. The highest BCUT2D eigenvalue weighted by molar-refractivity contribution is 5.56. The van der Waals surface area contributed by atoms with Crippen molar-refractivity contribution in [3.05, 3.63) is 17.7 Å². The van der Waals surface area contributed by atoms with Gasteiger partial charge in [0.15, 0.2) is 11.5 Å². The summed E-state index contributed by atoms with van der Waals surface area (Å²) in [6, 6.07) is 4.02. The van der Waals surface area contributed by atoms with Crippen LogP contribution in [0, 0.1) is 0 Å². The van der Waals surface area contributed by atoms with Crippen molar-refractivity contribution in [1.29, 1.82) is 0 Å². The second-order valence-corrected chi connectivity index (χ2v) is 4.32. The van der Waals surface area contributed by atoms with Gasteiger partial charge in [-0.05, 0) is 25.0 Å². The Morgan fingerprint density at radius 2 is 2.12 bits per heavy atom. The lowest BCUT2D eigenvalue weighted by atomic mass is 10.1. The maximum atomic E-state index is 5.83. The Morgan fingerprint density at radius 1 is 1.35 bits per heavy atom. The second-order valence-electron chi connectivity index (χ2n) is 4.32. The summed E-state index contributed by atoms with van der Waals surface area (Å²) in [5.41, 5.74) is 6.89. The van der Waals surface area contributed by atoms with Crippen LogP contribution in [0.4, 0.5) is 0 Å². The van der Waals surface area contributed by atoms with Crippen molar-refractivity contribution in [1.82, 2.24) is 0 Å². The summed E-state index contributed by atoms with van der Waals surface area (Å²) in [7, 11) is 1.65. The zero-order valence-electron chi connectivity index (χ0n) is 10.4. The van der Waals surface area contributed by atoms with Gasteiger partial charge < -0.3 is 19.9 Å². The van der Waals surface area contributed by atoms with Crippen molar-refractivity contribution >= 4 is 0 Å². The van der Waals surface area contributed by atoms with Gasteiger partial charge in [-0.15, -0.1) is 0 Å². The van der Waals surface area contributed by atoms with Gasteiger partial charge in [-0.3, -0.25) is 0 Å². The summed E-state index contributed by atoms with van der Waals surface area (Å²) in [5, 5.41) is 0. The molecule has 0 amide bonds. The molecule has 0 aliphatic carbocycles.